The second kappa shape index (κ2) is 5.75. The zero-order valence-electron chi connectivity index (χ0n) is 11.8. The van der Waals surface area contributed by atoms with E-state index in [0.717, 1.165) is 28.6 Å². The molecule has 3 rings (SSSR count). The molecule has 0 aliphatic heterocycles. The Morgan fingerprint density at radius 2 is 1.76 bits per heavy atom. The van der Waals surface area contributed by atoms with Crippen LogP contribution in [0.2, 0.25) is 0 Å². The maximum atomic E-state index is 12.4. The van der Waals surface area contributed by atoms with E-state index < -0.39 is 0 Å². The Morgan fingerprint density at radius 3 is 2.62 bits per heavy atom. The Labute approximate surface area is 123 Å². The molecule has 3 heteroatoms. The number of hydrogen-bond donors (Lipinski definition) is 1. The van der Waals surface area contributed by atoms with Gasteiger partial charge in [-0.05, 0) is 30.2 Å². The molecule has 3 nitrogen and oxygen atoms in total. The minimum Gasteiger partial charge on any atom is -0.320 e. The van der Waals surface area contributed by atoms with Crippen LogP contribution in [0.3, 0.4) is 0 Å². The van der Waals surface area contributed by atoms with Crippen LogP contribution in [0.15, 0.2) is 60.7 Å². The fourth-order valence-corrected chi connectivity index (χ4v) is 2.33. The third kappa shape index (κ3) is 2.77. The molecule has 0 bridgehead atoms. The molecule has 0 saturated carbocycles. The first-order valence-electron chi connectivity index (χ1n) is 7.03. The Hall–Kier alpha value is -2.68. The lowest BCUT2D eigenvalue weighted by Gasteiger charge is -2.09. The van der Waals surface area contributed by atoms with E-state index in [-0.39, 0.29) is 5.91 Å². The summed E-state index contributed by atoms with van der Waals surface area (Å²) in [5, 5.41) is 3.97. The van der Waals surface area contributed by atoms with E-state index in [4.69, 9.17) is 0 Å². The monoisotopic (exact) mass is 276 g/mol. The number of aryl methyl sites for hydroxylation is 1. The topological polar surface area (TPSA) is 42.0 Å². The highest BCUT2D eigenvalue weighted by molar-refractivity contribution is 6.04. The summed E-state index contributed by atoms with van der Waals surface area (Å²) in [6.07, 6.45) is 0.877. The molecule has 3 aromatic rings. The van der Waals surface area contributed by atoms with Crippen molar-refractivity contribution in [2.24, 2.45) is 0 Å². The van der Waals surface area contributed by atoms with E-state index in [1.165, 1.54) is 0 Å². The van der Waals surface area contributed by atoms with Gasteiger partial charge in [0, 0.05) is 11.1 Å². The first-order valence-corrected chi connectivity index (χ1v) is 7.03. The molecule has 1 amide bonds. The number of carbonyl (C=O) groups excluding carboxylic acids is 1. The highest BCUT2D eigenvalue weighted by Crippen LogP contribution is 2.17. The Kier molecular flexibility index (Phi) is 3.65. The smallest absolute Gasteiger partial charge is 0.274 e. The van der Waals surface area contributed by atoms with Crippen molar-refractivity contribution in [2.75, 3.05) is 5.32 Å². The van der Waals surface area contributed by atoms with Crippen LogP contribution < -0.4 is 5.32 Å². The molecule has 1 heterocycles. The van der Waals surface area contributed by atoms with Crippen molar-refractivity contribution in [3.63, 3.8) is 0 Å². The largest absolute Gasteiger partial charge is 0.320 e. The van der Waals surface area contributed by atoms with E-state index in [0.29, 0.717) is 5.69 Å². The maximum Gasteiger partial charge on any atom is 0.274 e. The Bertz CT molecular complexity index is 796. The van der Waals surface area contributed by atoms with Crippen molar-refractivity contribution in [1.29, 1.82) is 0 Å². The predicted molar refractivity (Wildman–Crippen MR) is 85.5 cm³/mol. The number of benzene rings is 2. The zero-order valence-corrected chi connectivity index (χ0v) is 11.8. The first kappa shape index (κ1) is 13.3. The van der Waals surface area contributed by atoms with Gasteiger partial charge in [-0.15, -0.1) is 0 Å². The SMILES string of the molecule is CCc1ccccc1NC(=O)c1ccc2ccccc2n1. The third-order valence-electron chi connectivity index (χ3n) is 3.48. The van der Waals surface area contributed by atoms with Gasteiger partial charge in [-0.1, -0.05) is 49.4 Å². The molecule has 104 valence electrons. The van der Waals surface area contributed by atoms with Gasteiger partial charge in [0.15, 0.2) is 0 Å². The number of hydrogen-bond acceptors (Lipinski definition) is 2. The number of para-hydroxylation sites is 2. The summed E-state index contributed by atoms with van der Waals surface area (Å²) < 4.78 is 0. The molecule has 0 saturated heterocycles. The highest BCUT2D eigenvalue weighted by atomic mass is 16.1. The van der Waals surface area contributed by atoms with Crippen LogP contribution >= 0.6 is 0 Å². The van der Waals surface area contributed by atoms with Crippen molar-refractivity contribution in [1.82, 2.24) is 4.98 Å². The van der Waals surface area contributed by atoms with Gasteiger partial charge in [0.05, 0.1) is 5.52 Å². The molecule has 0 spiro atoms. The molecule has 0 fully saturated rings. The number of fused-ring (bicyclic) bond motifs is 1. The summed E-state index contributed by atoms with van der Waals surface area (Å²) in [6, 6.07) is 19.3. The molecule has 21 heavy (non-hydrogen) atoms. The molecular weight excluding hydrogens is 260 g/mol. The molecule has 1 aromatic heterocycles. The molecule has 0 aliphatic carbocycles. The van der Waals surface area contributed by atoms with Crippen LogP contribution in [0.5, 0.6) is 0 Å². The molecule has 0 unspecified atom stereocenters. The van der Waals surface area contributed by atoms with Gasteiger partial charge in [-0.3, -0.25) is 4.79 Å². The lowest BCUT2D eigenvalue weighted by Crippen LogP contribution is -2.14. The van der Waals surface area contributed by atoms with Crippen LogP contribution in [0.4, 0.5) is 5.69 Å². The fraction of sp³-hybridized carbons (Fsp3) is 0.111. The van der Waals surface area contributed by atoms with Gasteiger partial charge < -0.3 is 5.32 Å². The normalized spacial score (nSPS) is 10.5. The van der Waals surface area contributed by atoms with Gasteiger partial charge in [0.1, 0.15) is 5.69 Å². The molecular formula is C18H16N2O. The number of nitrogens with one attached hydrogen (secondary N) is 1. The summed E-state index contributed by atoms with van der Waals surface area (Å²) in [7, 11) is 0. The minimum absolute atomic E-state index is 0.179. The Morgan fingerprint density at radius 1 is 1.00 bits per heavy atom. The molecule has 1 N–H and O–H groups in total. The number of rotatable bonds is 3. The standard InChI is InChI=1S/C18H16N2O/c1-2-13-7-3-5-9-15(13)20-18(21)17-12-11-14-8-4-6-10-16(14)19-17/h3-12H,2H2,1H3,(H,20,21). The van der Waals surface area contributed by atoms with E-state index in [1.807, 2.05) is 54.6 Å². The van der Waals surface area contributed by atoms with E-state index in [2.05, 4.69) is 17.2 Å². The predicted octanol–water partition coefficient (Wildman–Crippen LogP) is 4.05. The van der Waals surface area contributed by atoms with Crippen LogP contribution in [0.25, 0.3) is 10.9 Å². The van der Waals surface area contributed by atoms with Crippen molar-refractivity contribution < 1.29 is 4.79 Å². The summed E-state index contributed by atoms with van der Waals surface area (Å²) in [4.78, 5) is 16.8. The minimum atomic E-state index is -0.179. The number of amides is 1. The zero-order chi connectivity index (χ0) is 14.7. The molecule has 0 aliphatic rings. The van der Waals surface area contributed by atoms with Crippen LogP contribution in [-0.2, 0) is 6.42 Å². The average molecular weight is 276 g/mol. The quantitative estimate of drug-likeness (QED) is 0.784. The third-order valence-corrected chi connectivity index (χ3v) is 3.48. The molecule has 0 radical (unpaired) electrons. The van der Waals surface area contributed by atoms with Gasteiger partial charge in [-0.25, -0.2) is 4.98 Å². The number of aromatic nitrogens is 1. The molecule has 2 aromatic carbocycles. The van der Waals surface area contributed by atoms with Crippen molar-refractivity contribution >= 4 is 22.5 Å². The van der Waals surface area contributed by atoms with Gasteiger partial charge in [-0.2, -0.15) is 0 Å². The second-order valence-corrected chi connectivity index (χ2v) is 4.85. The summed E-state index contributed by atoms with van der Waals surface area (Å²) >= 11 is 0. The maximum absolute atomic E-state index is 12.4. The van der Waals surface area contributed by atoms with Crippen molar-refractivity contribution in [2.45, 2.75) is 13.3 Å². The molecule has 0 atom stereocenters. The van der Waals surface area contributed by atoms with E-state index in [1.54, 1.807) is 6.07 Å². The van der Waals surface area contributed by atoms with Crippen molar-refractivity contribution in [3.05, 3.63) is 71.9 Å². The summed E-state index contributed by atoms with van der Waals surface area (Å²) in [5.41, 5.74) is 3.22. The second-order valence-electron chi connectivity index (χ2n) is 4.85. The van der Waals surface area contributed by atoms with Gasteiger partial charge in [0.2, 0.25) is 0 Å². The summed E-state index contributed by atoms with van der Waals surface area (Å²) in [5.74, 6) is -0.179. The lowest BCUT2D eigenvalue weighted by molar-refractivity contribution is 0.102. The fourth-order valence-electron chi connectivity index (χ4n) is 2.33. The summed E-state index contributed by atoms with van der Waals surface area (Å²) in [6.45, 7) is 2.07. The van der Waals surface area contributed by atoms with Gasteiger partial charge >= 0.3 is 0 Å². The first-order chi connectivity index (χ1) is 10.3. The van der Waals surface area contributed by atoms with E-state index >= 15 is 0 Å². The van der Waals surface area contributed by atoms with Crippen LogP contribution in [0.1, 0.15) is 23.0 Å². The number of nitrogens with zero attached hydrogens (tertiary/aromatic N) is 1. The number of carbonyl (C=O) groups is 1. The average Bonchev–Trinajstić information content (AvgIpc) is 2.55. The lowest BCUT2D eigenvalue weighted by atomic mass is 10.1. The van der Waals surface area contributed by atoms with E-state index in [9.17, 15) is 4.79 Å². The van der Waals surface area contributed by atoms with Crippen LogP contribution in [0, 0.1) is 0 Å². The number of pyridine rings is 1. The Balaban J connectivity index is 1.90. The van der Waals surface area contributed by atoms with Gasteiger partial charge in [0.25, 0.3) is 5.91 Å². The van der Waals surface area contributed by atoms with Crippen molar-refractivity contribution in [3.8, 4) is 0 Å². The highest BCUT2D eigenvalue weighted by Gasteiger charge is 2.10. The van der Waals surface area contributed by atoms with Crippen LogP contribution in [-0.4, -0.2) is 10.9 Å². The number of anilines is 1.